The number of rotatable bonds is 1. The highest BCUT2D eigenvalue weighted by molar-refractivity contribution is 6.06. The summed E-state index contributed by atoms with van der Waals surface area (Å²) in [7, 11) is 0. The summed E-state index contributed by atoms with van der Waals surface area (Å²) < 4.78 is 1.94. The van der Waals surface area contributed by atoms with E-state index in [4.69, 9.17) is 0 Å². The van der Waals surface area contributed by atoms with Gasteiger partial charge in [0.15, 0.2) is 0 Å². The van der Waals surface area contributed by atoms with Crippen molar-refractivity contribution in [2.45, 2.75) is 6.54 Å². The van der Waals surface area contributed by atoms with E-state index < -0.39 is 0 Å². The molecule has 3 N–H and O–H groups in total. The van der Waals surface area contributed by atoms with Crippen LogP contribution in [-0.4, -0.2) is 32.2 Å². The minimum Gasteiger partial charge on any atom is -0.508 e. The zero-order chi connectivity index (χ0) is 15.3. The molecule has 0 bridgehead atoms. The fourth-order valence-electron chi connectivity index (χ4n) is 2.91. The number of phenolic OH excluding ortho intramolecular Hbond substituents is 2. The summed E-state index contributed by atoms with van der Waals surface area (Å²) in [6.07, 6.45) is 0. The summed E-state index contributed by atoms with van der Waals surface area (Å²) in [6, 6.07) is 9.77. The zero-order valence-electron chi connectivity index (χ0n) is 11.6. The van der Waals surface area contributed by atoms with Gasteiger partial charge in [0.25, 0.3) is 5.91 Å². The van der Waals surface area contributed by atoms with Crippen LogP contribution in [0, 0.1) is 0 Å². The van der Waals surface area contributed by atoms with E-state index in [9.17, 15) is 15.0 Å². The number of benzene rings is 2. The van der Waals surface area contributed by atoms with Gasteiger partial charge in [0.05, 0.1) is 16.6 Å². The topological polar surface area (TPSA) is 87.4 Å². The Morgan fingerprint density at radius 1 is 1.14 bits per heavy atom. The van der Waals surface area contributed by atoms with Gasteiger partial charge >= 0.3 is 0 Å². The molecule has 0 spiro atoms. The third kappa shape index (κ3) is 1.81. The van der Waals surface area contributed by atoms with Gasteiger partial charge in [-0.25, -0.2) is 4.98 Å². The second-order valence-electron chi connectivity index (χ2n) is 5.25. The van der Waals surface area contributed by atoms with Crippen LogP contribution in [0.1, 0.15) is 10.4 Å². The van der Waals surface area contributed by atoms with Gasteiger partial charge in [-0.3, -0.25) is 4.79 Å². The molecule has 22 heavy (non-hydrogen) atoms. The number of aromatic nitrogens is 2. The molecule has 3 aromatic rings. The monoisotopic (exact) mass is 295 g/mol. The minimum absolute atomic E-state index is 0.0297. The maximum Gasteiger partial charge on any atom is 0.253 e. The molecule has 2 aromatic carbocycles. The second kappa shape index (κ2) is 4.49. The van der Waals surface area contributed by atoms with Crippen LogP contribution in [0.3, 0.4) is 0 Å². The molecule has 0 fully saturated rings. The molecule has 0 unspecified atom stereocenters. The third-order valence-electron chi connectivity index (χ3n) is 3.79. The quantitative estimate of drug-likeness (QED) is 0.639. The van der Waals surface area contributed by atoms with Crippen molar-refractivity contribution in [3.05, 3.63) is 42.0 Å². The Morgan fingerprint density at radius 3 is 2.68 bits per heavy atom. The van der Waals surface area contributed by atoms with E-state index in [1.165, 1.54) is 6.07 Å². The molecule has 2 heterocycles. The van der Waals surface area contributed by atoms with E-state index in [1.54, 1.807) is 24.3 Å². The van der Waals surface area contributed by atoms with E-state index in [1.807, 2.05) is 10.6 Å². The van der Waals surface area contributed by atoms with Crippen LogP contribution in [-0.2, 0) is 6.54 Å². The number of aromatic hydroxyl groups is 2. The van der Waals surface area contributed by atoms with E-state index in [0.717, 1.165) is 5.52 Å². The Morgan fingerprint density at radius 2 is 1.91 bits per heavy atom. The molecule has 6 nitrogen and oxygen atoms in total. The number of carbonyl (C=O) groups excluding carboxylic acids is 1. The van der Waals surface area contributed by atoms with Gasteiger partial charge in [-0.15, -0.1) is 0 Å². The number of hydrogen-bond donors (Lipinski definition) is 3. The molecule has 6 heteroatoms. The van der Waals surface area contributed by atoms with Gasteiger partial charge < -0.3 is 20.1 Å². The molecule has 0 saturated heterocycles. The highest BCUT2D eigenvalue weighted by Crippen LogP contribution is 2.32. The van der Waals surface area contributed by atoms with Gasteiger partial charge in [-0.2, -0.15) is 0 Å². The van der Waals surface area contributed by atoms with Crippen LogP contribution in [0.4, 0.5) is 0 Å². The van der Waals surface area contributed by atoms with Gasteiger partial charge in [-0.05, 0) is 24.3 Å². The molecule has 4 rings (SSSR count). The number of phenols is 2. The number of para-hydroxylation sites is 1. The van der Waals surface area contributed by atoms with Crippen molar-refractivity contribution >= 4 is 16.9 Å². The summed E-state index contributed by atoms with van der Waals surface area (Å²) in [5, 5.41) is 22.2. The fourth-order valence-corrected chi connectivity index (χ4v) is 2.91. The summed E-state index contributed by atoms with van der Waals surface area (Å²) >= 11 is 0. The number of nitrogens with one attached hydrogen (secondary N) is 1. The molecule has 1 aliphatic heterocycles. The van der Waals surface area contributed by atoms with E-state index in [2.05, 4.69) is 10.3 Å². The first-order valence-electron chi connectivity index (χ1n) is 6.94. The van der Waals surface area contributed by atoms with E-state index in [0.29, 0.717) is 35.6 Å². The predicted octanol–water partition coefficient (Wildman–Crippen LogP) is 1.86. The standard InChI is InChI=1S/C16H13N3O3/c20-10-6-9(7-11(21)8-10)15-18-13-3-1-2-12-14(13)19(15)5-4-17-16(12)22/h1-3,6-8,20-21H,4-5H2,(H,17,22). The van der Waals surface area contributed by atoms with E-state index in [-0.39, 0.29) is 17.4 Å². The van der Waals surface area contributed by atoms with Gasteiger partial charge in [0.2, 0.25) is 0 Å². The van der Waals surface area contributed by atoms with Crippen molar-refractivity contribution in [2.24, 2.45) is 0 Å². The summed E-state index contributed by atoms with van der Waals surface area (Å²) in [5.74, 6) is 0.440. The maximum absolute atomic E-state index is 12.1. The average Bonchev–Trinajstić information content (AvgIpc) is 2.76. The molecule has 0 atom stereocenters. The highest BCUT2D eigenvalue weighted by Gasteiger charge is 2.22. The smallest absolute Gasteiger partial charge is 0.253 e. The zero-order valence-corrected chi connectivity index (χ0v) is 11.6. The Kier molecular flexibility index (Phi) is 2.59. The molecular formula is C16H13N3O3. The number of carbonyl (C=O) groups is 1. The summed E-state index contributed by atoms with van der Waals surface area (Å²) in [4.78, 5) is 16.7. The number of amides is 1. The van der Waals surface area contributed by atoms with Crippen LogP contribution in [0.5, 0.6) is 11.5 Å². The molecule has 110 valence electrons. The predicted molar refractivity (Wildman–Crippen MR) is 80.8 cm³/mol. The Balaban J connectivity index is 2.05. The van der Waals surface area contributed by atoms with Crippen molar-refractivity contribution in [1.82, 2.24) is 14.9 Å². The molecule has 0 saturated carbocycles. The lowest BCUT2D eigenvalue weighted by Crippen LogP contribution is -2.24. The minimum atomic E-state index is -0.116. The first kappa shape index (κ1) is 12.7. The van der Waals surface area contributed by atoms with Gasteiger partial charge in [0, 0.05) is 24.7 Å². The molecule has 1 aliphatic rings. The molecule has 0 radical (unpaired) electrons. The Bertz CT molecular complexity index is 894. The van der Waals surface area contributed by atoms with Crippen molar-refractivity contribution in [3.8, 4) is 22.9 Å². The normalized spacial score (nSPS) is 13.9. The van der Waals surface area contributed by atoms with Crippen molar-refractivity contribution < 1.29 is 15.0 Å². The molecule has 0 aliphatic carbocycles. The lowest BCUT2D eigenvalue weighted by atomic mass is 10.1. The van der Waals surface area contributed by atoms with Gasteiger partial charge in [-0.1, -0.05) is 6.07 Å². The number of imidazole rings is 1. The van der Waals surface area contributed by atoms with Gasteiger partial charge in [0.1, 0.15) is 17.3 Å². The van der Waals surface area contributed by atoms with Crippen LogP contribution < -0.4 is 5.32 Å². The van der Waals surface area contributed by atoms with Crippen molar-refractivity contribution in [1.29, 1.82) is 0 Å². The third-order valence-corrected chi connectivity index (χ3v) is 3.79. The maximum atomic E-state index is 12.1. The van der Waals surface area contributed by atoms with Crippen LogP contribution >= 0.6 is 0 Å². The first-order valence-corrected chi connectivity index (χ1v) is 6.94. The highest BCUT2D eigenvalue weighted by atomic mass is 16.3. The molecular weight excluding hydrogens is 282 g/mol. The lowest BCUT2D eigenvalue weighted by Gasteiger charge is -2.08. The molecule has 1 aromatic heterocycles. The Labute approximate surface area is 125 Å². The van der Waals surface area contributed by atoms with Crippen LogP contribution in [0.2, 0.25) is 0 Å². The second-order valence-corrected chi connectivity index (χ2v) is 5.25. The summed E-state index contributed by atoms with van der Waals surface area (Å²) in [6.45, 7) is 1.07. The van der Waals surface area contributed by atoms with Crippen molar-refractivity contribution in [3.63, 3.8) is 0 Å². The number of hydrogen-bond acceptors (Lipinski definition) is 4. The first-order chi connectivity index (χ1) is 10.6. The molecule has 1 amide bonds. The Hall–Kier alpha value is -3.02. The fraction of sp³-hybridized carbons (Fsp3) is 0.125. The van der Waals surface area contributed by atoms with Crippen LogP contribution in [0.15, 0.2) is 36.4 Å². The number of nitrogens with zero attached hydrogens (tertiary/aromatic N) is 2. The SMILES string of the molecule is O=C1NCCn2c(-c3cc(O)cc(O)c3)nc3cccc1c32. The average molecular weight is 295 g/mol. The van der Waals surface area contributed by atoms with E-state index >= 15 is 0 Å². The van der Waals surface area contributed by atoms with Crippen molar-refractivity contribution in [2.75, 3.05) is 6.54 Å². The summed E-state index contributed by atoms with van der Waals surface area (Å²) in [5.41, 5.74) is 2.68. The lowest BCUT2D eigenvalue weighted by molar-refractivity contribution is 0.0956. The largest absolute Gasteiger partial charge is 0.508 e. The van der Waals surface area contributed by atoms with Crippen LogP contribution in [0.25, 0.3) is 22.4 Å².